The summed E-state index contributed by atoms with van der Waals surface area (Å²) in [7, 11) is 0. The average Bonchev–Trinajstić information content (AvgIpc) is 2.79. The second-order valence-corrected chi connectivity index (χ2v) is 4.13. The van der Waals surface area contributed by atoms with Gasteiger partial charge in [-0.05, 0) is 30.7 Å². The molecule has 3 aromatic rings. The number of fused-ring (bicyclic) bond motifs is 1. The van der Waals surface area contributed by atoms with E-state index < -0.39 is 0 Å². The minimum absolute atomic E-state index is 0.616. The quantitative estimate of drug-likeness (QED) is 0.760. The Kier molecular flexibility index (Phi) is 2.64. The number of anilines is 1. The minimum Gasteiger partial charge on any atom is -0.349 e. The molecule has 18 heavy (non-hydrogen) atoms. The van der Waals surface area contributed by atoms with E-state index in [0.29, 0.717) is 12.5 Å². The van der Waals surface area contributed by atoms with Gasteiger partial charge in [-0.25, -0.2) is 15.0 Å². The van der Waals surface area contributed by atoms with Gasteiger partial charge in [0.2, 0.25) is 5.95 Å². The first-order valence-corrected chi connectivity index (χ1v) is 5.76. The zero-order chi connectivity index (χ0) is 12.4. The number of nitrogens with one attached hydrogen (secondary N) is 1. The highest BCUT2D eigenvalue weighted by molar-refractivity contribution is 5.43. The lowest BCUT2D eigenvalue weighted by Gasteiger charge is -1.99. The van der Waals surface area contributed by atoms with Crippen molar-refractivity contribution in [3.05, 3.63) is 54.2 Å². The number of nitrogens with zero attached hydrogens (tertiary/aromatic N) is 4. The van der Waals surface area contributed by atoms with E-state index in [-0.39, 0.29) is 0 Å². The maximum Gasteiger partial charge on any atom is 0.222 e. The zero-order valence-electron chi connectivity index (χ0n) is 10.0. The normalized spacial score (nSPS) is 10.7. The molecule has 0 spiro atoms. The molecule has 1 N–H and O–H groups in total. The molecule has 3 aromatic heterocycles. The highest BCUT2D eigenvalue weighted by Gasteiger charge is 2.02. The highest BCUT2D eigenvalue weighted by Crippen LogP contribution is 2.08. The molecule has 0 unspecified atom stereocenters. The first kappa shape index (κ1) is 10.7. The summed E-state index contributed by atoms with van der Waals surface area (Å²) in [6.45, 7) is 2.68. The van der Waals surface area contributed by atoms with E-state index in [1.165, 1.54) is 5.56 Å². The maximum atomic E-state index is 4.53. The topological polar surface area (TPSA) is 55.1 Å². The molecule has 0 amide bonds. The number of pyridine rings is 1. The summed E-state index contributed by atoms with van der Waals surface area (Å²) in [6, 6.07) is 5.91. The molecule has 0 aliphatic carbocycles. The van der Waals surface area contributed by atoms with Gasteiger partial charge in [0.15, 0.2) is 0 Å². The van der Waals surface area contributed by atoms with Crippen molar-refractivity contribution in [2.24, 2.45) is 0 Å². The van der Waals surface area contributed by atoms with Crippen LogP contribution in [0, 0.1) is 6.92 Å². The predicted octanol–water partition coefficient (Wildman–Crippen LogP) is 2.04. The summed E-state index contributed by atoms with van der Waals surface area (Å²) < 4.78 is 2.01. The molecule has 0 aliphatic rings. The van der Waals surface area contributed by atoms with Gasteiger partial charge in [0.25, 0.3) is 0 Å². The molecule has 5 nitrogen and oxygen atoms in total. The summed E-state index contributed by atoms with van der Waals surface area (Å²) in [5.74, 6) is 0.616. The molecule has 0 aliphatic heterocycles. The monoisotopic (exact) mass is 239 g/mol. The van der Waals surface area contributed by atoms with Crippen LogP contribution in [0.1, 0.15) is 11.3 Å². The SMILES string of the molecule is Cc1ccn2cc(CNc3ncccn3)nc2c1. The van der Waals surface area contributed by atoms with E-state index in [1.807, 2.05) is 16.8 Å². The van der Waals surface area contributed by atoms with Crippen molar-refractivity contribution < 1.29 is 0 Å². The van der Waals surface area contributed by atoms with Crippen molar-refractivity contribution in [2.45, 2.75) is 13.5 Å². The summed E-state index contributed by atoms with van der Waals surface area (Å²) in [5, 5.41) is 3.14. The Hall–Kier alpha value is -2.43. The van der Waals surface area contributed by atoms with Gasteiger partial charge in [-0.3, -0.25) is 0 Å². The molecule has 90 valence electrons. The Morgan fingerprint density at radius 2 is 2.11 bits per heavy atom. The van der Waals surface area contributed by atoms with Gasteiger partial charge in [0.05, 0.1) is 12.2 Å². The van der Waals surface area contributed by atoms with Gasteiger partial charge in [0.1, 0.15) is 5.65 Å². The lowest BCUT2D eigenvalue weighted by atomic mass is 10.3. The smallest absolute Gasteiger partial charge is 0.222 e. The average molecular weight is 239 g/mol. The second-order valence-electron chi connectivity index (χ2n) is 4.13. The number of hydrogen-bond donors (Lipinski definition) is 1. The third-order valence-electron chi connectivity index (χ3n) is 2.66. The van der Waals surface area contributed by atoms with Crippen LogP contribution in [0.5, 0.6) is 0 Å². The summed E-state index contributed by atoms with van der Waals surface area (Å²) in [6.07, 6.45) is 7.44. The number of aryl methyl sites for hydroxylation is 1. The van der Waals surface area contributed by atoms with Gasteiger partial charge in [-0.1, -0.05) is 0 Å². The van der Waals surface area contributed by atoms with Crippen molar-refractivity contribution in [3.63, 3.8) is 0 Å². The first-order chi connectivity index (χ1) is 8.81. The van der Waals surface area contributed by atoms with Gasteiger partial charge >= 0.3 is 0 Å². The lowest BCUT2D eigenvalue weighted by molar-refractivity contribution is 1.02. The molecular formula is C13H13N5. The fraction of sp³-hybridized carbons (Fsp3) is 0.154. The van der Waals surface area contributed by atoms with E-state index in [4.69, 9.17) is 0 Å². The molecule has 0 aromatic carbocycles. The van der Waals surface area contributed by atoms with Crippen LogP contribution >= 0.6 is 0 Å². The Labute approximate surface area is 105 Å². The van der Waals surface area contributed by atoms with E-state index in [0.717, 1.165) is 11.3 Å². The standard InChI is InChI=1S/C13H13N5/c1-10-3-6-18-9-11(17-12(18)7-10)8-16-13-14-4-2-5-15-13/h2-7,9H,8H2,1H3,(H,14,15,16). The van der Waals surface area contributed by atoms with Crippen molar-refractivity contribution in [2.75, 3.05) is 5.32 Å². The number of imidazole rings is 1. The summed E-state index contributed by atoms with van der Waals surface area (Å²) >= 11 is 0. The highest BCUT2D eigenvalue weighted by atomic mass is 15.1. The largest absolute Gasteiger partial charge is 0.349 e. The third-order valence-corrected chi connectivity index (χ3v) is 2.66. The summed E-state index contributed by atoms with van der Waals surface area (Å²) in [5.41, 5.74) is 3.13. The van der Waals surface area contributed by atoms with Crippen LogP contribution in [0.25, 0.3) is 5.65 Å². The Morgan fingerprint density at radius 1 is 1.28 bits per heavy atom. The fourth-order valence-corrected chi connectivity index (χ4v) is 1.78. The molecular weight excluding hydrogens is 226 g/mol. The van der Waals surface area contributed by atoms with Crippen molar-refractivity contribution in [1.82, 2.24) is 19.4 Å². The van der Waals surface area contributed by atoms with Crippen LogP contribution in [0.3, 0.4) is 0 Å². The van der Waals surface area contributed by atoms with Crippen molar-refractivity contribution in [3.8, 4) is 0 Å². The molecule has 0 bridgehead atoms. The molecule has 0 atom stereocenters. The fourth-order valence-electron chi connectivity index (χ4n) is 1.78. The lowest BCUT2D eigenvalue weighted by Crippen LogP contribution is -2.02. The minimum atomic E-state index is 0.616. The molecule has 0 saturated heterocycles. The van der Waals surface area contributed by atoms with Crippen LogP contribution in [0.15, 0.2) is 43.0 Å². The predicted molar refractivity (Wildman–Crippen MR) is 69.3 cm³/mol. The molecule has 0 fully saturated rings. The van der Waals surface area contributed by atoms with Gasteiger partial charge in [-0.2, -0.15) is 0 Å². The van der Waals surface area contributed by atoms with Crippen molar-refractivity contribution in [1.29, 1.82) is 0 Å². The third kappa shape index (κ3) is 2.15. The Balaban J connectivity index is 1.79. The van der Waals surface area contributed by atoms with Gasteiger partial charge in [-0.15, -0.1) is 0 Å². The Bertz CT molecular complexity index is 659. The van der Waals surface area contributed by atoms with Crippen LogP contribution in [0.2, 0.25) is 0 Å². The first-order valence-electron chi connectivity index (χ1n) is 5.76. The number of aromatic nitrogens is 4. The van der Waals surface area contributed by atoms with Crippen LogP contribution < -0.4 is 5.32 Å². The molecule has 3 heterocycles. The van der Waals surface area contributed by atoms with Crippen LogP contribution in [-0.2, 0) is 6.54 Å². The summed E-state index contributed by atoms with van der Waals surface area (Å²) in [4.78, 5) is 12.7. The zero-order valence-corrected chi connectivity index (χ0v) is 10.0. The van der Waals surface area contributed by atoms with E-state index in [2.05, 4.69) is 39.3 Å². The molecule has 3 rings (SSSR count). The second kappa shape index (κ2) is 4.44. The van der Waals surface area contributed by atoms with E-state index in [9.17, 15) is 0 Å². The van der Waals surface area contributed by atoms with Crippen LogP contribution in [0.4, 0.5) is 5.95 Å². The van der Waals surface area contributed by atoms with Gasteiger partial charge in [0, 0.05) is 24.8 Å². The molecule has 0 radical (unpaired) electrons. The number of hydrogen-bond acceptors (Lipinski definition) is 4. The van der Waals surface area contributed by atoms with Gasteiger partial charge < -0.3 is 9.72 Å². The van der Waals surface area contributed by atoms with E-state index >= 15 is 0 Å². The van der Waals surface area contributed by atoms with Crippen LogP contribution in [-0.4, -0.2) is 19.4 Å². The Morgan fingerprint density at radius 3 is 2.94 bits per heavy atom. The van der Waals surface area contributed by atoms with E-state index in [1.54, 1.807) is 18.5 Å². The maximum absolute atomic E-state index is 4.53. The number of rotatable bonds is 3. The molecule has 5 heteroatoms. The van der Waals surface area contributed by atoms with Crippen molar-refractivity contribution >= 4 is 11.6 Å². The molecule has 0 saturated carbocycles.